The molecule has 0 atom stereocenters. The molecule has 0 aliphatic carbocycles. The first kappa shape index (κ1) is 19.0. The second kappa shape index (κ2) is 7.12. The van der Waals surface area contributed by atoms with Gasteiger partial charge in [0.05, 0.1) is 23.3 Å². The van der Waals surface area contributed by atoms with E-state index >= 15 is 0 Å². The van der Waals surface area contributed by atoms with Crippen molar-refractivity contribution in [2.24, 2.45) is 0 Å². The molecule has 7 heteroatoms. The zero-order chi connectivity index (χ0) is 19.8. The lowest BCUT2D eigenvalue weighted by Gasteiger charge is -2.20. The number of hydrogen-bond acceptors (Lipinski definition) is 5. The van der Waals surface area contributed by atoms with Gasteiger partial charge in [-0.3, -0.25) is 5.32 Å². The number of nitrogens with one attached hydrogen (secondary N) is 1. The number of fused-ring (bicyclic) bond motifs is 1. The predicted molar refractivity (Wildman–Crippen MR) is 106 cm³/mol. The highest BCUT2D eigenvalue weighted by atomic mass is 35.5. The number of rotatable bonds is 3. The maximum absolute atomic E-state index is 12.1. The van der Waals surface area contributed by atoms with Crippen LogP contribution < -0.4 is 10.1 Å². The van der Waals surface area contributed by atoms with Gasteiger partial charge < -0.3 is 13.9 Å². The average molecular weight is 389 g/mol. The van der Waals surface area contributed by atoms with Gasteiger partial charge in [-0.1, -0.05) is 11.6 Å². The highest BCUT2D eigenvalue weighted by molar-refractivity contribution is 6.35. The molecule has 2 aromatic heterocycles. The van der Waals surface area contributed by atoms with E-state index in [1.54, 1.807) is 39.0 Å². The molecule has 0 aliphatic heterocycles. The molecule has 3 aromatic rings. The maximum Gasteiger partial charge on any atom is 0.412 e. The Bertz CT molecular complexity index is 1010. The van der Waals surface area contributed by atoms with E-state index in [0.717, 1.165) is 5.76 Å². The molecule has 1 aromatic carbocycles. The molecule has 27 heavy (non-hydrogen) atoms. The summed E-state index contributed by atoms with van der Waals surface area (Å²) in [5.74, 6) is 1.86. The normalized spacial score (nSPS) is 11.5. The van der Waals surface area contributed by atoms with E-state index in [1.165, 1.54) is 7.11 Å². The molecule has 0 bridgehead atoms. The molecule has 0 saturated heterocycles. The number of hydrogen-bond donors (Lipinski definition) is 1. The second-order valence-electron chi connectivity index (χ2n) is 7.10. The van der Waals surface area contributed by atoms with Crippen LogP contribution in [0.4, 0.5) is 10.5 Å². The highest BCUT2D eigenvalue weighted by Gasteiger charge is 2.19. The summed E-state index contributed by atoms with van der Waals surface area (Å²) in [5.41, 5.74) is 1.03. The first-order valence-corrected chi connectivity index (χ1v) is 8.79. The number of aromatic nitrogens is 1. The van der Waals surface area contributed by atoms with Gasteiger partial charge in [-0.05, 0) is 58.0 Å². The minimum Gasteiger partial charge on any atom is -0.495 e. The fraction of sp³-hybridized carbons (Fsp3) is 0.300. The minimum absolute atomic E-state index is 0.440. The Morgan fingerprint density at radius 1 is 1.22 bits per heavy atom. The van der Waals surface area contributed by atoms with Crippen molar-refractivity contribution >= 4 is 34.3 Å². The number of amides is 1. The molecule has 2 heterocycles. The summed E-state index contributed by atoms with van der Waals surface area (Å²) < 4.78 is 16.3. The third-order valence-electron chi connectivity index (χ3n) is 3.71. The van der Waals surface area contributed by atoms with Gasteiger partial charge in [-0.2, -0.15) is 0 Å². The van der Waals surface area contributed by atoms with E-state index in [4.69, 9.17) is 25.5 Å². The Labute approximate surface area is 162 Å². The van der Waals surface area contributed by atoms with Crippen molar-refractivity contribution in [3.8, 4) is 17.2 Å². The molecule has 3 rings (SSSR count). The number of benzene rings is 1. The zero-order valence-corrected chi connectivity index (χ0v) is 16.6. The number of furan rings is 1. The highest BCUT2D eigenvalue weighted by Crippen LogP contribution is 2.35. The van der Waals surface area contributed by atoms with Crippen molar-refractivity contribution in [2.75, 3.05) is 12.4 Å². The quantitative estimate of drug-likeness (QED) is 0.612. The van der Waals surface area contributed by atoms with Crippen LogP contribution in [0.1, 0.15) is 26.5 Å². The minimum atomic E-state index is -0.611. The molecule has 0 radical (unpaired) electrons. The molecule has 1 amide bonds. The predicted octanol–water partition coefficient (Wildman–Crippen LogP) is 5.81. The molecule has 0 spiro atoms. The van der Waals surface area contributed by atoms with Crippen LogP contribution in [0.25, 0.3) is 22.4 Å². The lowest BCUT2D eigenvalue weighted by molar-refractivity contribution is 0.0635. The molecular weight excluding hydrogens is 368 g/mol. The number of ether oxygens (including phenoxy) is 2. The average Bonchev–Trinajstić information content (AvgIpc) is 2.99. The topological polar surface area (TPSA) is 73.6 Å². The molecule has 0 fully saturated rings. The fourth-order valence-corrected chi connectivity index (χ4v) is 2.85. The van der Waals surface area contributed by atoms with Gasteiger partial charge in [0.1, 0.15) is 22.8 Å². The lowest BCUT2D eigenvalue weighted by Crippen LogP contribution is -2.27. The molecule has 142 valence electrons. The van der Waals surface area contributed by atoms with E-state index in [-0.39, 0.29) is 0 Å². The van der Waals surface area contributed by atoms with Crippen molar-refractivity contribution in [1.82, 2.24) is 4.98 Å². The van der Waals surface area contributed by atoms with Crippen molar-refractivity contribution in [3.05, 3.63) is 41.1 Å². The smallest absolute Gasteiger partial charge is 0.412 e. The molecule has 1 N–H and O–H groups in total. The van der Waals surface area contributed by atoms with Crippen LogP contribution in [0.2, 0.25) is 5.02 Å². The summed E-state index contributed by atoms with van der Waals surface area (Å²) in [7, 11) is 1.52. The summed E-state index contributed by atoms with van der Waals surface area (Å²) in [6.07, 6.45) is -0.580. The number of nitrogens with zero attached hydrogens (tertiary/aromatic N) is 1. The third kappa shape index (κ3) is 4.34. The number of anilines is 1. The largest absolute Gasteiger partial charge is 0.495 e. The number of methoxy groups -OCH3 is 1. The summed E-state index contributed by atoms with van der Waals surface area (Å²) in [6, 6.07) is 8.86. The second-order valence-corrected chi connectivity index (χ2v) is 7.50. The van der Waals surface area contributed by atoms with Gasteiger partial charge in [0.15, 0.2) is 5.76 Å². The molecule has 0 aliphatic rings. The van der Waals surface area contributed by atoms with Gasteiger partial charge >= 0.3 is 6.09 Å². The molecule has 6 nitrogen and oxygen atoms in total. The summed E-state index contributed by atoms with van der Waals surface area (Å²) in [4.78, 5) is 16.8. The van der Waals surface area contributed by atoms with Crippen LogP contribution in [-0.4, -0.2) is 23.8 Å². The van der Waals surface area contributed by atoms with E-state index < -0.39 is 11.7 Å². The number of carbonyl (C=O) groups is 1. The van der Waals surface area contributed by atoms with Crippen molar-refractivity contribution < 1.29 is 18.7 Å². The lowest BCUT2D eigenvalue weighted by atomic mass is 10.1. The van der Waals surface area contributed by atoms with Gasteiger partial charge in [0.2, 0.25) is 0 Å². The Morgan fingerprint density at radius 2 is 1.96 bits per heavy atom. The van der Waals surface area contributed by atoms with E-state index in [9.17, 15) is 4.79 Å². The fourth-order valence-electron chi connectivity index (χ4n) is 2.59. The third-order valence-corrected chi connectivity index (χ3v) is 4.02. The van der Waals surface area contributed by atoms with Gasteiger partial charge in [-0.25, -0.2) is 9.78 Å². The summed E-state index contributed by atoms with van der Waals surface area (Å²) in [5, 5.41) is 3.91. The molecular formula is C20H21ClN2O4. The Hall–Kier alpha value is -2.73. The number of aryl methyl sites for hydroxylation is 1. The summed E-state index contributed by atoms with van der Waals surface area (Å²) >= 11 is 6.44. The number of halogens is 1. The Balaban J connectivity index is 2.05. The van der Waals surface area contributed by atoms with Crippen LogP contribution >= 0.6 is 11.6 Å². The van der Waals surface area contributed by atoms with E-state index in [2.05, 4.69) is 10.3 Å². The SMILES string of the molecule is COc1cc2c(Cl)cc(-c3ccc(C)o3)nc2cc1NC(=O)OC(C)(C)C. The van der Waals surface area contributed by atoms with Crippen LogP contribution in [0.3, 0.4) is 0 Å². The Morgan fingerprint density at radius 3 is 2.56 bits per heavy atom. The molecule has 0 unspecified atom stereocenters. The van der Waals surface area contributed by atoms with E-state index in [0.29, 0.717) is 38.8 Å². The first-order chi connectivity index (χ1) is 12.7. The summed E-state index contributed by atoms with van der Waals surface area (Å²) in [6.45, 7) is 7.25. The molecule has 0 saturated carbocycles. The van der Waals surface area contributed by atoms with E-state index in [1.807, 2.05) is 19.1 Å². The van der Waals surface area contributed by atoms with Gasteiger partial charge in [-0.15, -0.1) is 0 Å². The van der Waals surface area contributed by atoms with Gasteiger partial charge in [0, 0.05) is 5.39 Å². The van der Waals surface area contributed by atoms with Crippen molar-refractivity contribution in [2.45, 2.75) is 33.3 Å². The van der Waals surface area contributed by atoms with Crippen LogP contribution in [0.5, 0.6) is 5.75 Å². The standard InChI is InChI=1S/C20H21ClN2O4/c1-11-6-7-17(26-11)15-9-13(21)12-8-18(25-5)16(10-14(12)22-15)23-19(24)27-20(2,3)4/h6-10H,1-5H3,(H,23,24). The van der Waals surface area contributed by atoms with Crippen LogP contribution in [-0.2, 0) is 4.74 Å². The zero-order valence-electron chi connectivity index (χ0n) is 15.8. The monoisotopic (exact) mass is 388 g/mol. The number of carbonyl (C=O) groups excluding carboxylic acids is 1. The Kier molecular flexibility index (Phi) is 5.02. The van der Waals surface area contributed by atoms with Gasteiger partial charge in [0.25, 0.3) is 0 Å². The maximum atomic E-state index is 12.1. The number of pyridine rings is 1. The van der Waals surface area contributed by atoms with Crippen molar-refractivity contribution in [3.63, 3.8) is 0 Å². The first-order valence-electron chi connectivity index (χ1n) is 8.41. The van der Waals surface area contributed by atoms with Crippen molar-refractivity contribution in [1.29, 1.82) is 0 Å². The van der Waals surface area contributed by atoms with Crippen LogP contribution in [0, 0.1) is 6.92 Å². The van der Waals surface area contributed by atoms with Crippen LogP contribution in [0.15, 0.2) is 34.7 Å².